The van der Waals surface area contributed by atoms with E-state index < -0.39 is 20.5 Å². The van der Waals surface area contributed by atoms with E-state index in [4.69, 9.17) is 10.9 Å². The number of amidine groups is 1. The van der Waals surface area contributed by atoms with Crippen LogP contribution in [-0.2, 0) is 14.6 Å². The molecular weight excluding hydrogens is 270 g/mol. The molecule has 0 aliphatic carbocycles. The summed E-state index contributed by atoms with van der Waals surface area (Å²) >= 11 is 0. The molecule has 0 rings (SSSR count). The number of carbonyl (C=O) groups excluding carboxylic acids is 1. The lowest BCUT2D eigenvalue weighted by Crippen LogP contribution is -2.51. The summed E-state index contributed by atoms with van der Waals surface area (Å²) in [6, 6.07) is 0. The lowest BCUT2D eigenvalue weighted by Gasteiger charge is -2.31. The maximum atomic E-state index is 12.3. The molecule has 0 aromatic heterocycles. The molecule has 1 unspecified atom stereocenters. The Balaban J connectivity index is 5.14. The van der Waals surface area contributed by atoms with Gasteiger partial charge in [0.2, 0.25) is 5.91 Å². The molecule has 0 radical (unpaired) electrons. The molecule has 0 aromatic carbocycles. The number of rotatable bonds is 6. The molecule has 3 N–H and O–H groups in total. The van der Waals surface area contributed by atoms with Crippen molar-refractivity contribution >= 4 is 21.6 Å². The molecule has 8 heteroatoms. The summed E-state index contributed by atoms with van der Waals surface area (Å²) in [4.78, 5) is 13.7. The molecule has 0 saturated heterocycles. The highest BCUT2D eigenvalue weighted by molar-refractivity contribution is 7.92. The van der Waals surface area contributed by atoms with Gasteiger partial charge < -0.3 is 15.8 Å². The second-order valence-electron chi connectivity index (χ2n) is 5.05. The third kappa shape index (κ3) is 4.09. The van der Waals surface area contributed by atoms with Crippen LogP contribution >= 0.6 is 0 Å². The molecule has 0 aliphatic heterocycles. The molecule has 0 heterocycles. The molecule has 1 amide bonds. The van der Waals surface area contributed by atoms with Crippen LogP contribution in [0.4, 0.5) is 0 Å². The van der Waals surface area contributed by atoms with Crippen molar-refractivity contribution in [2.45, 2.75) is 32.4 Å². The van der Waals surface area contributed by atoms with Crippen LogP contribution in [0.15, 0.2) is 5.16 Å². The molecule has 0 aliphatic rings. The van der Waals surface area contributed by atoms with Gasteiger partial charge in [0.05, 0.1) is 0 Å². The largest absolute Gasteiger partial charge is 0.409 e. The Morgan fingerprint density at radius 2 is 1.95 bits per heavy atom. The maximum absolute atomic E-state index is 12.3. The summed E-state index contributed by atoms with van der Waals surface area (Å²) in [6.07, 6.45) is 1.03. The summed E-state index contributed by atoms with van der Waals surface area (Å²) in [7, 11) is -3.52. The average Bonchev–Trinajstić information content (AvgIpc) is 2.32. The van der Waals surface area contributed by atoms with Crippen LogP contribution < -0.4 is 5.73 Å². The van der Waals surface area contributed by atoms with Crippen molar-refractivity contribution in [1.82, 2.24) is 4.90 Å². The summed E-state index contributed by atoms with van der Waals surface area (Å²) < 4.78 is 21.8. The van der Waals surface area contributed by atoms with Crippen LogP contribution in [0.2, 0.25) is 0 Å². The maximum Gasteiger partial charge on any atom is 0.243 e. The smallest absolute Gasteiger partial charge is 0.243 e. The van der Waals surface area contributed by atoms with Crippen LogP contribution in [0.3, 0.4) is 0 Å². The topological polar surface area (TPSA) is 113 Å². The van der Waals surface area contributed by atoms with Gasteiger partial charge in [0.1, 0.15) is 10.6 Å². The predicted octanol–water partition coefficient (Wildman–Crippen LogP) is 0.0406. The van der Waals surface area contributed by atoms with Gasteiger partial charge >= 0.3 is 0 Å². The lowest BCUT2D eigenvalue weighted by atomic mass is 10.1. The molecule has 0 spiro atoms. The minimum absolute atomic E-state index is 0.00316. The normalized spacial score (nSPS) is 15.1. The fraction of sp³-hybridized carbons (Fsp3) is 0.818. The van der Waals surface area contributed by atoms with E-state index in [2.05, 4.69) is 5.16 Å². The van der Waals surface area contributed by atoms with Gasteiger partial charge in [-0.05, 0) is 20.8 Å². The first-order chi connectivity index (χ1) is 8.48. The molecule has 19 heavy (non-hydrogen) atoms. The zero-order chi connectivity index (χ0) is 15.4. The first-order valence-corrected chi connectivity index (χ1v) is 7.84. The Morgan fingerprint density at radius 1 is 1.47 bits per heavy atom. The Kier molecular flexibility index (Phi) is 5.80. The number of hydrogen-bond acceptors (Lipinski definition) is 5. The zero-order valence-corrected chi connectivity index (χ0v) is 12.9. The van der Waals surface area contributed by atoms with Crippen LogP contribution in [0, 0.1) is 5.92 Å². The van der Waals surface area contributed by atoms with E-state index in [0.29, 0.717) is 6.54 Å². The Morgan fingerprint density at radius 3 is 2.26 bits per heavy atom. The summed E-state index contributed by atoms with van der Waals surface area (Å²) in [5, 5.41) is 11.5. The SMILES string of the molecule is CCN(CC(C)C(N)=NO)C(=O)C(C)(C)S(C)(=O)=O. The lowest BCUT2D eigenvalue weighted by molar-refractivity contribution is -0.133. The minimum atomic E-state index is -3.52. The van der Waals surface area contributed by atoms with Crippen molar-refractivity contribution in [1.29, 1.82) is 0 Å². The Hall–Kier alpha value is -1.31. The predicted molar refractivity (Wildman–Crippen MR) is 73.7 cm³/mol. The van der Waals surface area contributed by atoms with Gasteiger partial charge in [-0.25, -0.2) is 8.42 Å². The third-order valence-corrected chi connectivity index (χ3v) is 5.25. The summed E-state index contributed by atoms with van der Waals surface area (Å²) in [5.74, 6) is -0.845. The average molecular weight is 293 g/mol. The van der Waals surface area contributed by atoms with Crippen molar-refractivity contribution in [2.75, 3.05) is 19.3 Å². The number of oxime groups is 1. The second kappa shape index (κ2) is 6.23. The van der Waals surface area contributed by atoms with Crippen LogP contribution in [0.1, 0.15) is 27.7 Å². The molecular formula is C11H23N3O4S. The molecule has 0 saturated carbocycles. The Bertz CT molecular complexity index is 457. The van der Waals surface area contributed by atoms with Gasteiger partial charge in [-0.2, -0.15) is 0 Å². The molecule has 0 fully saturated rings. The first kappa shape index (κ1) is 17.7. The molecule has 1 atom stereocenters. The van der Waals surface area contributed by atoms with Crippen LogP contribution in [-0.4, -0.2) is 54.4 Å². The number of nitrogens with zero attached hydrogens (tertiary/aromatic N) is 2. The molecule has 112 valence electrons. The van der Waals surface area contributed by atoms with Gasteiger partial charge in [-0.1, -0.05) is 12.1 Å². The van der Waals surface area contributed by atoms with Crippen molar-refractivity contribution < 1.29 is 18.4 Å². The highest BCUT2D eigenvalue weighted by Crippen LogP contribution is 2.19. The highest BCUT2D eigenvalue weighted by Gasteiger charge is 2.41. The van der Waals surface area contributed by atoms with E-state index in [-0.39, 0.29) is 18.3 Å². The molecule has 7 nitrogen and oxygen atoms in total. The summed E-state index contributed by atoms with van der Waals surface area (Å²) in [6.45, 7) is 6.74. The van der Waals surface area contributed by atoms with E-state index in [1.165, 1.54) is 18.7 Å². The van der Waals surface area contributed by atoms with Crippen molar-refractivity contribution in [2.24, 2.45) is 16.8 Å². The number of hydrogen-bond donors (Lipinski definition) is 2. The standard InChI is InChI=1S/C11H23N3O4S/c1-6-14(7-8(2)9(12)13-16)10(15)11(3,4)19(5,17)18/h8,16H,6-7H2,1-5H3,(H2,12,13). The van der Waals surface area contributed by atoms with Gasteiger partial charge in [-0.3, -0.25) is 4.79 Å². The molecule has 0 bridgehead atoms. The van der Waals surface area contributed by atoms with Crippen molar-refractivity contribution in [3.05, 3.63) is 0 Å². The number of amides is 1. The quantitative estimate of drug-likeness (QED) is 0.311. The first-order valence-electron chi connectivity index (χ1n) is 5.95. The number of carbonyl (C=O) groups is 1. The summed E-state index contributed by atoms with van der Waals surface area (Å²) in [5.41, 5.74) is 5.46. The van der Waals surface area contributed by atoms with E-state index in [1.807, 2.05) is 0 Å². The Labute approximate surface area is 114 Å². The molecule has 0 aromatic rings. The van der Waals surface area contributed by atoms with E-state index in [0.717, 1.165) is 6.26 Å². The zero-order valence-electron chi connectivity index (χ0n) is 12.0. The number of sulfone groups is 1. The fourth-order valence-electron chi connectivity index (χ4n) is 1.42. The van der Waals surface area contributed by atoms with Gasteiger partial charge in [0.15, 0.2) is 9.84 Å². The van der Waals surface area contributed by atoms with Gasteiger partial charge in [-0.15, -0.1) is 0 Å². The van der Waals surface area contributed by atoms with Gasteiger partial charge in [0, 0.05) is 25.3 Å². The van der Waals surface area contributed by atoms with Gasteiger partial charge in [0.25, 0.3) is 0 Å². The van der Waals surface area contributed by atoms with Crippen molar-refractivity contribution in [3.8, 4) is 0 Å². The van der Waals surface area contributed by atoms with E-state index in [9.17, 15) is 13.2 Å². The fourth-order valence-corrected chi connectivity index (χ4v) is 1.86. The highest BCUT2D eigenvalue weighted by atomic mass is 32.2. The van der Waals surface area contributed by atoms with Crippen LogP contribution in [0.25, 0.3) is 0 Å². The monoisotopic (exact) mass is 293 g/mol. The minimum Gasteiger partial charge on any atom is -0.409 e. The van der Waals surface area contributed by atoms with Crippen LogP contribution in [0.5, 0.6) is 0 Å². The van der Waals surface area contributed by atoms with E-state index >= 15 is 0 Å². The second-order valence-corrected chi connectivity index (χ2v) is 7.62. The van der Waals surface area contributed by atoms with Crippen molar-refractivity contribution in [3.63, 3.8) is 0 Å². The third-order valence-electron chi connectivity index (χ3n) is 3.23. The van der Waals surface area contributed by atoms with E-state index in [1.54, 1.807) is 13.8 Å². The number of nitrogens with two attached hydrogens (primary N) is 1.